The number of hydrogen-bond donors (Lipinski definition) is 1. The lowest BCUT2D eigenvalue weighted by Gasteiger charge is -2.16. The maximum atomic E-state index is 6.42. The number of nitrogens with two attached hydrogens (primary N) is 1. The van der Waals surface area contributed by atoms with Gasteiger partial charge in [0, 0.05) is 4.47 Å². The molecule has 0 spiro atoms. The van der Waals surface area contributed by atoms with Crippen LogP contribution in [-0.4, -0.2) is 0 Å². The Morgan fingerprint density at radius 1 is 1.10 bits per heavy atom. The number of unbranched alkanes of at least 4 members (excludes halogenated alkanes) is 1. The quantitative estimate of drug-likeness (QED) is 0.805. The molecule has 1 unspecified atom stereocenters. The van der Waals surface area contributed by atoms with Crippen LogP contribution in [0, 0.1) is 6.92 Å². The van der Waals surface area contributed by atoms with E-state index in [1.165, 1.54) is 35.1 Å². The number of hydrogen-bond acceptors (Lipinski definition) is 1. The summed E-state index contributed by atoms with van der Waals surface area (Å²) in [6.07, 6.45) is 3.64. The van der Waals surface area contributed by atoms with Crippen molar-refractivity contribution in [2.75, 3.05) is 0 Å². The molecule has 106 valence electrons. The highest BCUT2D eigenvalue weighted by molar-refractivity contribution is 9.10. The largest absolute Gasteiger partial charge is 0.320 e. The Morgan fingerprint density at radius 2 is 1.80 bits per heavy atom. The molecular weight excluding hydrogens is 310 g/mol. The molecule has 0 radical (unpaired) electrons. The molecule has 0 amide bonds. The van der Waals surface area contributed by atoms with Crippen LogP contribution in [0.2, 0.25) is 0 Å². The van der Waals surface area contributed by atoms with Crippen LogP contribution in [-0.2, 0) is 6.42 Å². The van der Waals surface area contributed by atoms with Crippen LogP contribution in [0.3, 0.4) is 0 Å². The Hall–Kier alpha value is -1.12. The van der Waals surface area contributed by atoms with Crippen LogP contribution in [0.25, 0.3) is 0 Å². The van der Waals surface area contributed by atoms with Crippen molar-refractivity contribution in [2.24, 2.45) is 5.73 Å². The van der Waals surface area contributed by atoms with Gasteiger partial charge in [0.15, 0.2) is 0 Å². The van der Waals surface area contributed by atoms with E-state index < -0.39 is 0 Å². The van der Waals surface area contributed by atoms with Gasteiger partial charge in [0.05, 0.1) is 6.04 Å². The summed E-state index contributed by atoms with van der Waals surface area (Å²) in [5.74, 6) is 0. The fourth-order valence-corrected chi connectivity index (χ4v) is 2.79. The minimum atomic E-state index is -0.0623. The molecule has 0 aliphatic heterocycles. The highest BCUT2D eigenvalue weighted by atomic mass is 79.9. The highest BCUT2D eigenvalue weighted by Crippen LogP contribution is 2.27. The minimum absolute atomic E-state index is 0.0623. The maximum absolute atomic E-state index is 6.42. The molecule has 0 aliphatic rings. The van der Waals surface area contributed by atoms with E-state index in [2.05, 4.69) is 66.2 Å². The van der Waals surface area contributed by atoms with Gasteiger partial charge in [-0.1, -0.05) is 65.7 Å². The van der Waals surface area contributed by atoms with Crippen LogP contribution in [0.1, 0.15) is 48.1 Å². The highest BCUT2D eigenvalue weighted by Gasteiger charge is 2.12. The standard InChI is InChI=1S/C18H22BrN/c1-3-4-6-14-9-11-15(12-10-14)18(20)16-7-5-8-17(19)13(16)2/h5,7-12,18H,3-4,6,20H2,1-2H3. The fourth-order valence-electron chi connectivity index (χ4n) is 2.41. The molecule has 0 bridgehead atoms. The van der Waals surface area contributed by atoms with Gasteiger partial charge in [0.25, 0.3) is 0 Å². The lowest BCUT2D eigenvalue weighted by Crippen LogP contribution is -2.13. The number of aryl methyl sites for hydroxylation is 1. The molecule has 2 heteroatoms. The maximum Gasteiger partial charge on any atom is 0.0554 e. The van der Waals surface area contributed by atoms with Gasteiger partial charge in [-0.2, -0.15) is 0 Å². The molecular formula is C18H22BrN. The second kappa shape index (κ2) is 7.05. The number of rotatable bonds is 5. The van der Waals surface area contributed by atoms with Crippen LogP contribution in [0.4, 0.5) is 0 Å². The van der Waals surface area contributed by atoms with Crippen LogP contribution in [0.15, 0.2) is 46.9 Å². The molecule has 1 atom stereocenters. The third-order valence-electron chi connectivity index (χ3n) is 3.80. The summed E-state index contributed by atoms with van der Waals surface area (Å²) in [6.45, 7) is 4.33. The third kappa shape index (κ3) is 3.50. The first kappa shape index (κ1) is 15.3. The zero-order valence-corrected chi connectivity index (χ0v) is 13.8. The number of halogens is 1. The summed E-state index contributed by atoms with van der Waals surface area (Å²) in [5, 5.41) is 0. The minimum Gasteiger partial charge on any atom is -0.320 e. The molecule has 2 rings (SSSR count). The Kier molecular flexibility index (Phi) is 5.38. The Bertz CT molecular complexity index is 560. The lowest BCUT2D eigenvalue weighted by atomic mass is 9.94. The van der Waals surface area contributed by atoms with E-state index in [0.717, 1.165) is 10.9 Å². The molecule has 0 saturated carbocycles. The topological polar surface area (TPSA) is 26.0 Å². The van der Waals surface area contributed by atoms with Crippen molar-refractivity contribution in [1.82, 2.24) is 0 Å². The molecule has 2 aromatic rings. The summed E-state index contributed by atoms with van der Waals surface area (Å²) < 4.78 is 1.12. The molecule has 0 fully saturated rings. The van der Waals surface area contributed by atoms with E-state index in [0.29, 0.717) is 0 Å². The van der Waals surface area contributed by atoms with Crippen LogP contribution in [0.5, 0.6) is 0 Å². The van der Waals surface area contributed by atoms with Crippen LogP contribution < -0.4 is 5.73 Å². The van der Waals surface area contributed by atoms with E-state index in [1.54, 1.807) is 0 Å². The number of benzene rings is 2. The summed E-state index contributed by atoms with van der Waals surface area (Å²) >= 11 is 3.57. The molecule has 0 aromatic heterocycles. The third-order valence-corrected chi connectivity index (χ3v) is 4.66. The first-order chi connectivity index (χ1) is 9.63. The van der Waals surface area contributed by atoms with E-state index in [-0.39, 0.29) is 6.04 Å². The molecule has 20 heavy (non-hydrogen) atoms. The second-order valence-electron chi connectivity index (χ2n) is 5.28. The average molecular weight is 332 g/mol. The van der Waals surface area contributed by atoms with Crippen molar-refractivity contribution in [2.45, 2.75) is 39.2 Å². The predicted molar refractivity (Wildman–Crippen MR) is 90.0 cm³/mol. The summed E-state index contributed by atoms with van der Waals surface area (Å²) in [6, 6.07) is 14.9. The molecule has 1 nitrogen and oxygen atoms in total. The van der Waals surface area contributed by atoms with E-state index in [1.807, 2.05) is 6.07 Å². The Morgan fingerprint density at radius 3 is 2.45 bits per heavy atom. The molecule has 0 heterocycles. The van der Waals surface area contributed by atoms with Gasteiger partial charge < -0.3 is 5.73 Å². The lowest BCUT2D eigenvalue weighted by molar-refractivity contribution is 0.792. The van der Waals surface area contributed by atoms with Gasteiger partial charge in [-0.3, -0.25) is 0 Å². The van der Waals surface area contributed by atoms with Gasteiger partial charge in [0.1, 0.15) is 0 Å². The van der Waals surface area contributed by atoms with E-state index in [4.69, 9.17) is 5.73 Å². The van der Waals surface area contributed by atoms with E-state index >= 15 is 0 Å². The summed E-state index contributed by atoms with van der Waals surface area (Å²) in [5.41, 5.74) is 11.4. The fraction of sp³-hybridized carbons (Fsp3) is 0.333. The van der Waals surface area contributed by atoms with Crippen molar-refractivity contribution >= 4 is 15.9 Å². The first-order valence-corrected chi connectivity index (χ1v) is 8.02. The van der Waals surface area contributed by atoms with Crippen molar-refractivity contribution < 1.29 is 0 Å². The smallest absolute Gasteiger partial charge is 0.0554 e. The molecule has 2 N–H and O–H groups in total. The SMILES string of the molecule is CCCCc1ccc(C(N)c2cccc(Br)c2C)cc1. The van der Waals surface area contributed by atoms with Gasteiger partial charge >= 0.3 is 0 Å². The van der Waals surface area contributed by atoms with Crippen LogP contribution >= 0.6 is 15.9 Å². The van der Waals surface area contributed by atoms with Crippen molar-refractivity contribution in [3.05, 3.63) is 69.2 Å². The summed E-state index contributed by atoms with van der Waals surface area (Å²) in [7, 11) is 0. The first-order valence-electron chi connectivity index (χ1n) is 7.23. The van der Waals surface area contributed by atoms with Crippen molar-refractivity contribution in [1.29, 1.82) is 0 Å². The van der Waals surface area contributed by atoms with Crippen molar-refractivity contribution in [3.63, 3.8) is 0 Å². The van der Waals surface area contributed by atoms with Crippen molar-refractivity contribution in [3.8, 4) is 0 Å². The Balaban J connectivity index is 2.20. The van der Waals surface area contributed by atoms with Gasteiger partial charge in [-0.15, -0.1) is 0 Å². The zero-order valence-electron chi connectivity index (χ0n) is 12.2. The van der Waals surface area contributed by atoms with Gasteiger partial charge in [0.2, 0.25) is 0 Å². The molecule has 0 saturated heterocycles. The zero-order chi connectivity index (χ0) is 14.5. The summed E-state index contributed by atoms with van der Waals surface area (Å²) in [4.78, 5) is 0. The molecule has 2 aromatic carbocycles. The van der Waals surface area contributed by atoms with Gasteiger partial charge in [-0.25, -0.2) is 0 Å². The second-order valence-corrected chi connectivity index (χ2v) is 6.13. The van der Waals surface area contributed by atoms with E-state index in [9.17, 15) is 0 Å². The predicted octanol–water partition coefficient (Wildman–Crippen LogP) is 5.15. The molecule has 0 aliphatic carbocycles. The monoisotopic (exact) mass is 331 g/mol. The Labute approximate surface area is 130 Å². The normalized spacial score (nSPS) is 12.4. The van der Waals surface area contributed by atoms with Gasteiger partial charge in [-0.05, 0) is 48.1 Å². The average Bonchev–Trinajstić information content (AvgIpc) is 2.48.